The standard InChI is InChI=1S/C14H22N2O4/c1-5-18-13(17)12-10(2)15-16(11(12)3)7-6-14(4)19-8-9-20-14/h5-9H2,1-4H3. The number of carbonyl (C=O) groups excluding carboxylic acids is 1. The number of esters is 1. The summed E-state index contributed by atoms with van der Waals surface area (Å²) >= 11 is 0. The van der Waals surface area contributed by atoms with Gasteiger partial charge >= 0.3 is 5.97 Å². The van der Waals surface area contributed by atoms with Crippen molar-refractivity contribution in [2.75, 3.05) is 19.8 Å². The number of hydrogen-bond acceptors (Lipinski definition) is 5. The van der Waals surface area contributed by atoms with Gasteiger partial charge in [-0.15, -0.1) is 0 Å². The molecule has 0 amide bonds. The van der Waals surface area contributed by atoms with Crippen molar-refractivity contribution in [2.45, 2.75) is 46.4 Å². The summed E-state index contributed by atoms with van der Waals surface area (Å²) in [5.74, 6) is -0.857. The lowest BCUT2D eigenvalue weighted by atomic mass is 10.2. The van der Waals surface area contributed by atoms with Crippen molar-refractivity contribution in [3.8, 4) is 0 Å². The number of nitrogens with zero attached hydrogens (tertiary/aromatic N) is 2. The summed E-state index contributed by atoms with van der Waals surface area (Å²) in [5.41, 5.74) is 2.08. The Morgan fingerprint density at radius 1 is 1.40 bits per heavy atom. The molecular formula is C14H22N2O4. The Kier molecular flexibility index (Phi) is 4.45. The Morgan fingerprint density at radius 3 is 2.65 bits per heavy atom. The van der Waals surface area contributed by atoms with Crippen LogP contribution in [0.4, 0.5) is 0 Å². The van der Waals surface area contributed by atoms with Gasteiger partial charge in [0, 0.05) is 13.0 Å². The SMILES string of the molecule is CCOC(=O)c1c(C)nn(CCC2(C)OCCO2)c1C. The van der Waals surface area contributed by atoms with Gasteiger partial charge in [0.2, 0.25) is 0 Å². The van der Waals surface area contributed by atoms with Crippen LogP contribution in [0.1, 0.15) is 42.0 Å². The molecule has 2 rings (SSSR count). The number of carbonyl (C=O) groups is 1. The molecule has 6 nitrogen and oxygen atoms in total. The van der Waals surface area contributed by atoms with Crippen molar-refractivity contribution < 1.29 is 19.0 Å². The van der Waals surface area contributed by atoms with Gasteiger partial charge < -0.3 is 14.2 Å². The van der Waals surface area contributed by atoms with Crippen LogP contribution in [0.25, 0.3) is 0 Å². The van der Waals surface area contributed by atoms with Crippen LogP contribution in [-0.4, -0.2) is 41.4 Å². The number of aromatic nitrogens is 2. The molecule has 2 heterocycles. The van der Waals surface area contributed by atoms with Crippen molar-refractivity contribution in [1.82, 2.24) is 9.78 Å². The Hall–Kier alpha value is -1.40. The predicted octanol–water partition coefficient (Wildman–Crippen LogP) is 1.83. The van der Waals surface area contributed by atoms with E-state index >= 15 is 0 Å². The second-order valence-corrected chi connectivity index (χ2v) is 5.07. The van der Waals surface area contributed by atoms with Crippen LogP contribution in [0.15, 0.2) is 0 Å². The summed E-state index contributed by atoms with van der Waals surface area (Å²) in [6.07, 6.45) is 0.692. The fraction of sp³-hybridized carbons (Fsp3) is 0.714. The summed E-state index contributed by atoms with van der Waals surface area (Å²) in [5, 5.41) is 4.41. The number of hydrogen-bond donors (Lipinski definition) is 0. The Bertz CT molecular complexity index is 490. The van der Waals surface area contributed by atoms with Gasteiger partial charge in [-0.2, -0.15) is 5.10 Å². The lowest BCUT2D eigenvalue weighted by molar-refractivity contribution is -0.148. The average molecular weight is 282 g/mol. The molecule has 1 aromatic heterocycles. The molecule has 112 valence electrons. The molecule has 6 heteroatoms. The summed E-state index contributed by atoms with van der Waals surface area (Å²) in [7, 11) is 0. The molecule has 1 aromatic rings. The van der Waals surface area contributed by atoms with Crippen molar-refractivity contribution in [2.24, 2.45) is 0 Å². The zero-order valence-electron chi connectivity index (χ0n) is 12.6. The van der Waals surface area contributed by atoms with E-state index in [4.69, 9.17) is 14.2 Å². The lowest BCUT2D eigenvalue weighted by Crippen LogP contribution is -2.27. The monoisotopic (exact) mass is 282 g/mol. The number of ether oxygens (including phenoxy) is 3. The highest BCUT2D eigenvalue weighted by atomic mass is 16.7. The minimum atomic E-state index is -0.545. The summed E-state index contributed by atoms with van der Waals surface area (Å²) in [6.45, 7) is 9.68. The molecule has 0 aliphatic carbocycles. The quantitative estimate of drug-likeness (QED) is 0.771. The third-order valence-corrected chi connectivity index (χ3v) is 3.54. The second-order valence-electron chi connectivity index (χ2n) is 5.07. The highest BCUT2D eigenvalue weighted by molar-refractivity contribution is 5.91. The van der Waals surface area contributed by atoms with E-state index in [9.17, 15) is 4.79 Å². The maximum absolute atomic E-state index is 11.9. The van der Waals surface area contributed by atoms with Gasteiger partial charge in [0.25, 0.3) is 0 Å². The van der Waals surface area contributed by atoms with Gasteiger partial charge in [-0.3, -0.25) is 4.68 Å². The molecule has 0 saturated carbocycles. The van der Waals surface area contributed by atoms with Crippen LogP contribution in [0.3, 0.4) is 0 Å². The first-order valence-electron chi connectivity index (χ1n) is 6.96. The first-order chi connectivity index (χ1) is 9.47. The molecule has 1 aliphatic rings. The molecule has 0 aromatic carbocycles. The second kappa shape index (κ2) is 5.93. The Morgan fingerprint density at radius 2 is 2.05 bits per heavy atom. The first kappa shape index (κ1) is 15.0. The maximum atomic E-state index is 11.9. The number of aryl methyl sites for hydroxylation is 2. The lowest BCUT2D eigenvalue weighted by Gasteiger charge is -2.22. The van der Waals surface area contributed by atoms with E-state index in [2.05, 4.69) is 5.10 Å². The minimum absolute atomic E-state index is 0.312. The van der Waals surface area contributed by atoms with Gasteiger partial charge in [0.15, 0.2) is 5.79 Å². The van der Waals surface area contributed by atoms with Crippen LogP contribution in [0.5, 0.6) is 0 Å². The van der Waals surface area contributed by atoms with Crippen LogP contribution in [-0.2, 0) is 20.8 Å². The van der Waals surface area contributed by atoms with E-state index < -0.39 is 5.79 Å². The van der Waals surface area contributed by atoms with Gasteiger partial charge in [-0.05, 0) is 27.7 Å². The summed E-state index contributed by atoms with van der Waals surface area (Å²) in [6, 6.07) is 0. The van der Waals surface area contributed by atoms with Crippen LogP contribution in [0, 0.1) is 13.8 Å². The molecule has 1 aliphatic heterocycles. The molecule has 0 unspecified atom stereocenters. The largest absolute Gasteiger partial charge is 0.462 e. The fourth-order valence-corrected chi connectivity index (χ4v) is 2.42. The molecule has 0 atom stereocenters. The fourth-order valence-electron chi connectivity index (χ4n) is 2.42. The van der Waals surface area contributed by atoms with Crippen molar-refractivity contribution in [3.63, 3.8) is 0 Å². The molecule has 0 radical (unpaired) electrons. The number of rotatable bonds is 5. The van der Waals surface area contributed by atoms with E-state index in [0.29, 0.717) is 44.0 Å². The van der Waals surface area contributed by atoms with Gasteiger partial charge in [0.05, 0.1) is 31.2 Å². The zero-order chi connectivity index (χ0) is 14.8. The highest BCUT2D eigenvalue weighted by Crippen LogP contribution is 2.24. The molecule has 0 spiro atoms. The first-order valence-corrected chi connectivity index (χ1v) is 6.96. The Balaban J connectivity index is 2.09. The summed E-state index contributed by atoms with van der Waals surface area (Å²) < 4.78 is 18.0. The molecule has 0 N–H and O–H groups in total. The molecule has 0 bridgehead atoms. The molecule has 1 fully saturated rings. The van der Waals surface area contributed by atoms with Gasteiger partial charge in [0.1, 0.15) is 5.56 Å². The normalized spacial score (nSPS) is 17.4. The van der Waals surface area contributed by atoms with Crippen LogP contribution in [0.2, 0.25) is 0 Å². The topological polar surface area (TPSA) is 62.6 Å². The smallest absolute Gasteiger partial charge is 0.341 e. The van der Waals surface area contributed by atoms with E-state index in [1.165, 1.54) is 0 Å². The summed E-state index contributed by atoms with van der Waals surface area (Å²) in [4.78, 5) is 11.9. The van der Waals surface area contributed by atoms with E-state index in [1.807, 2.05) is 25.5 Å². The maximum Gasteiger partial charge on any atom is 0.341 e. The average Bonchev–Trinajstić information content (AvgIpc) is 2.93. The predicted molar refractivity (Wildman–Crippen MR) is 72.6 cm³/mol. The van der Waals surface area contributed by atoms with Crippen LogP contribution >= 0.6 is 0 Å². The van der Waals surface area contributed by atoms with Crippen LogP contribution < -0.4 is 0 Å². The van der Waals surface area contributed by atoms with Gasteiger partial charge in [-0.25, -0.2) is 4.79 Å². The molecular weight excluding hydrogens is 260 g/mol. The molecule has 1 saturated heterocycles. The van der Waals surface area contributed by atoms with E-state index in [1.54, 1.807) is 6.92 Å². The van der Waals surface area contributed by atoms with Crippen molar-refractivity contribution in [1.29, 1.82) is 0 Å². The van der Waals surface area contributed by atoms with E-state index in [0.717, 1.165) is 5.69 Å². The van der Waals surface area contributed by atoms with E-state index in [-0.39, 0.29) is 5.97 Å². The zero-order valence-corrected chi connectivity index (χ0v) is 12.6. The highest BCUT2D eigenvalue weighted by Gasteiger charge is 2.31. The Labute approximate surface area is 119 Å². The van der Waals surface area contributed by atoms with Crippen molar-refractivity contribution in [3.05, 3.63) is 17.0 Å². The third-order valence-electron chi connectivity index (χ3n) is 3.54. The minimum Gasteiger partial charge on any atom is -0.462 e. The van der Waals surface area contributed by atoms with Crippen molar-refractivity contribution >= 4 is 5.97 Å². The third kappa shape index (κ3) is 3.02. The molecule has 20 heavy (non-hydrogen) atoms. The van der Waals surface area contributed by atoms with Gasteiger partial charge in [-0.1, -0.05) is 0 Å².